The van der Waals surface area contributed by atoms with Crippen molar-refractivity contribution in [1.29, 1.82) is 0 Å². The number of hydrogen-bond donors (Lipinski definition) is 1. The van der Waals surface area contributed by atoms with Crippen LogP contribution in [-0.4, -0.2) is 28.8 Å². The molecular weight excluding hydrogens is 270 g/mol. The first-order valence-electron chi connectivity index (χ1n) is 7.17. The van der Waals surface area contributed by atoms with Crippen molar-refractivity contribution < 1.29 is 4.74 Å². The molecule has 4 nitrogen and oxygen atoms in total. The summed E-state index contributed by atoms with van der Waals surface area (Å²) in [6.07, 6.45) is 5.91. The van der Waals surface area contributed by atoms with Gasteiger partial charge in [0, 0.05) is 49.5 Å². The average molecular weight is 293 g/mol. The van der Waals surface area contributed by atoms with E-state index in [2.05, 4.69) is 39.3 Å². The van der Waals surface area contributed by atoms with Gasteiger partial charge in [-0.15, -0.1) is 11.3 Å². The number of nitrogens with one attached hydrogen (secondary N) is 1. The molecule has 1 atom stereocenters. The van der Waals surface area contributed by atoms with Gasteiger partial charge in [0.15, 0.2) is 0 Å². The van der Waals surface area contributed by atoms with Gasteiger partial charge in [-0.1, -0.05) is 6.07 Å². The van der Waals surface area contributed by atoms with Crippen molar-refractivity contribution in [3.8, 4) is 0 Å². The number of ether oxygens (including phenoxy) is 1. The zero-order valence-electron chi connectivity index (χ0n) is 12.2. The summed E-state index contributed by atoms with van der Waals surface area (Å²) in [6, 6.07) is 4.65. The largest absolute Gasteiger partial charge is 0.382 e. The smallest absolute Gasteiger partial charge is 0.202 e. The van der Waals surface area contributed by atoms with Crippen LogP contribution in [-0.2, 0) is 17.7 Å². The monoisotopic (exact) mass is 293 g/mol. The Morgan fingerprint density at radius 2 is 2.40 bits per heavy atom. The van der Waals surface area contributed by atoms with Gasteiger partial charge in [-0.2, -0.15) is 0 Å². The lowest BCUT2D eigenvalue weighted by atomic mass is 10.2. The predicted octanol–water partition coefficient (Wildman–Crippen LogP) is 3.41. The first-order chi connectivity index (χ1) is 9.79. The summed E-state index contributed by atoms with van der Waals surface area (Å²) in [4.78, 5) is 5.80. The lowest BCUT2D eigenvalue weighted by Crippen LogP contribution is -2.20. The molecular formula is C15H23N3OS. The maximum Gasteiger partial charge on any atom is 0.202 e. The topological polar surface area (TPSA) is 39.1 Å². The van der Waals surface area contributed by atoms with Gasteiger partial charge >= 0.3 is 0 Å². The summed E-state index contributed by atoms with van der Waals surface area (Å²) in [5.74, 6) is 0.950. The van der Waals surface area contributed by atoms with E-state index in [-0.39, 0.29) is 0 Å². The Kier molecular flexibility index (Phi) is 6.08. The van der Waals surface area contributed by atoms with Gasteiger partial charge in [-0.25, -0.2) is 4.98 Å². The third-order valence-corrected chi connectivity index (χ3v) is 3.97. The lowest BCUT2D eigenvalue weighted by Gasteiger charge is -2.15. The second-order valence-corrected chi connectivity index (χ2v) is 5.86. The molecule has 0 bridgehead atoms. The number of aromatic nitrogens is 2. The van der Waals surface area contributed by atoms with E-state index < -0.39 is 0 Å². The van der Waals surface area contributed by atoms with E-state index in [1.165, 1.54) is 4.88 Å². The minimum atomic E-state index is 0.377. The molecule has 0 saturated heterocycles. The molecule has 0 aliphatic carbocycles. The number of rotatable bonds is 9. The fourth-order valence-corrected chi connectivity index (χ4v) is 2.95. The SMILES string of the molecule is CCOCCCn1ccnc1NC(C)Cc1cccs1. The molecule has 0 radical (unpaired) electrons. The summed E-state index contributed by atoms with van der Waals surface area (Å²) in [6.45, 7) is 6.75. The minimum Gasteiger partial charge on any atom is -0.382 e. The van der Waals surface area contributed by atoms with E-state index >= 15 is 0 Å². The van der Waals surface area contributed by atoms with Crippen LogP contribution in [0.25, 0.3) is 0 Å². The fourth-order valence-electron chi connectivity index (χ4n) is 2.11. The molecule has 110 valence electrons. The van der Waals surface area contributed by atoms with Crippen LogP contribution in [0.5, 0.6) is 0 Å². The Morgan fingerprint density at radius 3 is 3.15 bits per heavy atom. The Labute approximate surface area is 124 Å². The molecule has 1 unspecified atom stereocenters. The first kappa shape index (κ1) is 15.1. The van der Waals surface area contributed by atoms with E-state index in [0.29, 0.717) is 6.04 Å². The zero-order chi connectivity index (χ0) is 14.2. The number of anilines is 1. The normalized spacial score (nSPS) is 12.5. The summed E-state index contributed by atoms with van der Waals surface area (Å²) in [5, 5.41) is 5.61. The second kappa shape index (κ2) is 8.07. The van der Waals surface area contributed by atoms with Crippen molar-refractivity contribution in [2.24, 2.45) is 0 Å². The van der Waals surface area contributed by atoms with Crippen LogP contribution in [0.3, 0.4) is 0 Å². The van der Waals surface area contributed by atoms with Gasteiger partial charge in [0.1, 0.15) is 0 Å². The van der Waals surface area contributed by atoms with Crippen LogP contribution in [0.2, 0.25) is 0 Å². The molecule has 2 heterocycles. The molecule has 0 amide bonds. The molecule has 0 aliphatic heterocycles. The molecule has 20 heavy (non-hydrogen) atoms. The van der Waals surface area contributed by atoms with Crippen LogP contribution in [0.15, 0.2) is 29.9 Å². The van der Waals surface area contributed by atoms with E-state index in [4.69, 9.17) is 4.74 Å². The fraction of sp³-hybridized carbons (Fsp3) is 0.533. The molecule has 2 aromatic heterocycles. The van der Waals surface area contributed by atoms with Crippen LogP contribution < -0.4 is 5.32 Å². The maximum atomic E-state index is 5.37. The minimum absolute atomic E-state index is 0.377. The molecule has 1 N–H and O–H groups in total. The second-order valence-electron chi connectivity index (χ2n) is 4.82. The van der Waals surface area contributed by atoms with E-state index in [0.717, 1.165) is 38.5 Å². The Morgan fingerprint density at radius 1 is 1.50 bits per heavy atom. The Bertz CT molecular complexity index is 481. The van der Waals surface area contributed by atoms with Crippen molar-refractivity contribution in [3.05, 3.63) is 34.8 Å². The maximum absolute atomic E-state index is 5.37. The summed E-state index contributed by atoms with van der Waals surface area (Å²) < 4.78 is 7.53. The van der Waals surface area contributed by atoms with E-state index in [1.807, 2.05) is 19.3 Å². The highest BCUT2D eigenvalue weighted by Gasteiger charge is 2.08. The van der Waals surface area contributed by atoms with Gasteiger partial charge in [-0.05, 0) is 31.7 Å². The Hall–Kier alpha value is -1.33. The number of imidazole rings is 1. The highest BCUT2D eigenvalue weighted by Crippen LogP contribution is 2.14. The molecule has 0 spiro atoms. The van der Waals surface area contributed by atoms with Gasteiger partial charge < -0.3 is 14.6 Å². The first-order valence-corrected chi connectivity index (χ1v) is 8.05. The van der Waals surface area contributed by atoms with Crippen LogP contribution in [0.1, 0.15) is 25.1 Å². The average Bonchev–Trinajstić information content (AvgIpc) is 3.07. The third kappa shape index (κ3) is 4.65. The standard InChI is InChI=1S/C15H23N3OS/c1-3-19-10-5-8-18-9-7-16-15(18)17-13(2)12-14-6-4-11-20-14/h4,6-7,9,11,13H,3,5,8,10,12H2,1-2H3,(H,16,17). The predicted molar refractivity (Wildman–Crippen MR) is 84.4 cm³/mol. The zero-order valence-corrected chi connectivity index (χ0v) is 13.0. The highest BCUT2D eigenvalue weighted by molar-refractivity contribution is 7.09. The molecule has 5 heteroatoms. The van der Waals surface area contributed by atoms with Crippen LogP contribution in [0, 0.1) is 0 Å². The molecule has 0 fully saturated rings. The summed E-state index contributed by atoms with van der Waals surface area (Å²) in [7, 11) is 0. The Balaban J connectivity index is 1.81. The molecule has 2 rings (SSSR count). The van der Waals surface area contributed by atoms with Gasteiger partial charge in [-0.3, -0.25) is 0 Å². The lowest BCUT2D eigenvalue weighted by molar-refractivity contribution is 0.142. The number of thiophene rings is 1. The summed E-state index contributed by atoms with van der Waals surface area (Å²) in [5.41, 5.74) is 0. The molecule has 0 saturated carbocycles. The number of aryl methyl sites for hydroxylation is 1. The van der Waals surface area contributed by atoms with Crippen molar-refractivity contribution in [1.82, 2.24) is 9.55 Å². The van der Waals surface area contributed by atoms with E-state index in [9.17, 15) is 0 Å². The molecule has 0 aromatic carbocycles. The van der Waals surface area contributed by atoms with Crippen molar-refractivity contribution in [3.63, 3.8) is 0 Å². The highest BCUT2D eigenvalue weighted by atomic mass is 32.1. The van der Waals surface area contributed by atoms with Crippen molar-refractivity contribution in [2.45, 2.75) is 39.3 Å². The van der Waals surface area contributed by atoms with Crippen molar-refractivity contribution >= 4 is 17.3 Å². The quantitative estimate of drug-likeness (QED) is 0.720. The van der Waals surface area contributed by atoms with Crippen LogP contribution in [0.4, 0.5) is 5.95 Å². The van der Waals surface area contributed by atoms with E-state index in [1.54, 1.807) is 11.3 Å². The molecule has 0 aliphatic rings. The van der Waals surface area contributed by atoms with Gasteiger partial charge in [0.2, 0.25) is 5.95 Å². The van der Waals surface area contributed by atoms with Gasteiger partial charge in [0.25, 0.3) is 0 Å². The van der Waals surface area contributed by atoms with Crippen LogP contribution >= 0.6 is 11.3 Å². The third-order valence-electron chi connectivity index (χ3n) is 3.07. The number of nitrogens with zero attached hydrogens (tertiary/aromatic N) is 2. The van der Waals surface area contributed by atoms with Gasteiger partial charge in [0.05, 0.1) is 0 Å². The number of hydrogen-bond acceptors (Lipinski definition) is 4. The summed E-state index contributed by atoms with van der Waals surface area (Å²) >= 11 is 1.80. The van der Waals surface area contributed by atoms with Crippen molar-refractivity contribution in [2.75, 3.05) is 18.5 Å². The molecule has 2 aromatic rings.